The summed E-state index contributed by atoms with van der Waals surface area (Å²) < 4.78 is 2.18. The minimum absolute atomic E-state index is 0. The molecule has 2 aromatic heterocycles. The number of nitrogens with one attached hydrogen (secondary N) is 2. The summed E-state index contributed by atoms with van der Waals surface area (Å²) in [5, 5.41) is 27.6. The molecule has 0 aromatic carbocycles. The Morgan fingerprint density at radius 3 is 2.96 bits per heavy atom. The number of aromatic nitrogens is 3. The first-order valence-corrected chi connectivity index (χ1v) is 9.67. The first kappa shape index (κ1) is 21.1. The predicted molar refractivity (Wildman–Crippen MR) is 115 cm³/mol. The average molecular weight is 490 g/mol. The lowest BCUT2D eigenvalue weighted by Crippen LogP contribution is -2.44. The van der Waals surface area contributed by atoms with Crippen LogP contribution in [0.15, 0.2) is 22.5 Å². The number of nitrogens with zero attached hydrogens (tertiary/aromatic N) is 4. The maximum absolute atomic E-state index is 10.6. The van der Waals surface area contributed by atoms with Crippen molar-refractivity contribution in [2.75, 3.05) is 13.1 Å². The number of aliphatic imine (C=N–C) groups is 1. The van der Waals surface area contributed by atoms with Crippen LogP contribution in [0.5, 0.6) is 0 Å². The van der Waals surface area contributed by atoms with Gasteiger partial charge in [0.25, 0.3) is 0 Å². The van der Waals surface area contributed by atoms with Gasteiger partial charge in [-0.1, -0.05) is 6.07 Å². The molecule has 9 heteroatoms. The molecule has 7 nitrogen and oxygen atoms in total. The molecule has 0 amide bonds. The van der Waals surface area contributed by atoms with E-state index in [1.807, 2.05) is 31.4 Å². The topological polar surface area (TPSA) is 87.4 Å². The van der Waals surface area contributed by atoms with Crippen LogP contribution in [-0.2, 0) is 25.1 Å². The number of aliphatic hydroxyl groups is 1. The summed E-state index contributed by atoms with van der Waals surface area (Å²) in [7, 11) is 0. The van der Waals surface area contributed by atoms with Gasteiger partial charge in [0.1, 0.15) is 18.0 Å². The monoisotopic (exact) mass is 490 g/mol. The van der Waals surface area contributed by atoms with Gasteiger partial charge in [-0.05, 0) is 38.1 Å². The van der Waals surface area contributed by atoms with Crippen molar-refractivity contribution in [2.24, 2.45) is 4.99 Å². The van der Waals surface area contributed by atoms with Crippen molar-refractivity contribution >= 4 is 41.3 Å². The Morgan fingerprint density at radius 1 is 1.38 bits per heavy atom. The molecule has 1 unspecified atom stereocenters. The Morgan fingerprint density at radius 2 is 2.23 bits per heavy atom. The van der Waals surface area contributed by atoms with Gasteiger partial charge in [-0.3, -0.25) is 0 Å². The Hall–Kier alpha value is -1.20. The summed E-state index contributed by atoms with van der Waals surface area (Å²) in [6, 6.07) is 3.89. The van der Waals surface area contributed by atoms with Gasteiger partial charge in [0.2, 0.25) is 0 Å². The minimum Gasteiger partial charge on any atom is -0.383 e. The molecule has 3 N–H and O–H groups in total. The quantitative estimate of drug-likeness (QED) is 0.329. The number of aryl methyl sites for hydroxylation is 1. The smallest absolute Gasteiger partial charge is 0.191 e. The third-order valence-corrected chi connectivity index (χ3v) is 5.43. The third-order valence-electron chi connectivity index (χ3n) is 4.31. The maximum atomic E-state index is 10.6. The van der Waals surface area contributed by atoms with Crippen LogP contribution in [0.2, 0.25) is 0 Å². The SMILES string of the molecule is CCNC(=NCc1nnc2n1CCCC2)NCC(C)(O)c1cccs1.I. The lowest BCUT2D eigenvalue weighted by molar-refractivity contribution is 0.0655. The van der Waals surface area contributed by atoms with Crippen LogP contribution in [0, 0.1) is 0 Å². The molecule has 3 heterocycles. The number of hydrogen-bond donors (Lipinski definition) is 3. The van der Waals surface area contributed by atoms with E-state index in [0.717, 1.165) is 36.0 Å². The number of guanidine groups is 1. The fraction of sp³-hybridized carbons (Fsp3) is 0.588. The molecule has 144 valence electrons. The van der Waals surface area contributed by atoms with Crippen LogP contribution in [0.25, 0.3) is 0 Å². The molecule has 0 bridgehead atoms. The number of thiophene rings is 1. The zero-order valence-electron chi connectivity index (χ0n) is 15.2. The molecule has 26 heavy (non-hydrogen) atoms. The molecule has 0 fully saturated rings. The van der Waals surface area contributed by atoms with Crippen LogP contribution >= 0.6 is 35.3 Å². The fourth-order valence-corrected chi connectivity index (χ4v) is 3.69. The molecule has 1 atom stereocenters. The molecule has 3 rings (SSSR count). The Kier molecular flexibility index (Phi) is 7.84. The van der Waals surface area contributed by atoms with Crippen LogP contribution in [-0.4, -0.2) is 38.9 Å². The van der Waals surface area contributed by atoms with Gasteiger partial charge in [0.15, 0.2) is 11.8 Å². The Labute approximate surface area is 175 Å². The Balaban J connectivity index is 0.00000243. The molecule has 0 saturated carbocycles. The standard InChI is InChI=1S/C17H26N6OS.HI/c1-3-18-16(20-12-17(2,24)13-7-6-10-25-13)19-11-15-22-21-14-8-4-5-9-23(14)15;/h6-7,10,24H,3-5,8-9,11-12H2,1-2H3,(H2,18,19,20);1H. The van der Waals surface area contributed by atoms with Crippen LogP contribution in [0.3, 0.4) is 0 Å². The highest BCUT2D eigenvalue weighted by molar-refractivity contribution is 14.0. The van der Waals surface area contributed by atoms with Crippen LogP contribution in [0.1, 0.15) is 43.2 Å². The van der Waals surface area contributed by atoms with Gasteiger partial charge in [-0.2, -0.15) is 0 Å². The molecule has 0 radical (unpaired) electrons. The average Bonchev–Trinajstić information content (AvgIpc) is 3.28. The van der Waals surface area contributed by atoms with E-state index in [2.05, 4.69) is 30.4 Å². The van der Waals surface area contributed by atoms with Crippen LogP contribution < -0.4 is 10.6 Å². The molecule has 0 spiro atoms. The summed E-state index contributed by atoms with van der Waals surface area (Å²) in [5.74, 6) is 2.64. The lowest BCUT2D eigenvalue weighted by Gasteiger charge is -2.23. The predicted octanol–water partition coefficient (Wildman–Crippen LogP) is 2.26. The van der Waals surface area contributed by atoms with Gasteiger partial charge >= 0.3 is 0 Å². The molecular formula is C17H27IN6OS. The number of hydrogen-bond acceptors (Lipinski definition) is 5. The largest absolute Gasteiger partial charge is 0.383 e. The van der Waals surface area contributed by atoms with E-state index in [1.54, 1.807) is 11.3 Å². The van der Waals surface area contributed by atoms with Crippen molar-refractivity contribution in [1.82, 2.24) is 25.4 Å². The number of fused-ring (bicyclic) bond motifs is 1. The zero-order chi connectivity index (χ0) is 17.7. The van der Waals surface area contributed by atoms with E-state index in [9.17, 15) is 5.11 Å². The van der Waals surface area contributed by atoms with Crippen molar-refractivity contribution in [1.29, 1.82) is 0 Å². The molecule has 2 aromatic rings. The highest BCUT2D eigenvalue weighted by Crippen LogP contribution is 2.24. The van der Waals surface area contributed by atoms with Gasteiger partial charge in [0.05, 0.1) is 6.54 Å². The molecule has 1 aliphatic heterocycles. The first-order valence-electron chi connectivity index (χ1n) is 8.79. The lowest BCUT2D eigenvalue weighted by atomic mass is 10.1. The van der Waals surface area contributed by atoms with Gasteiger partial charge in [-0.25, -0.2) is 4.99 Å². The number of halogens is 1. The summed E-state index contributed by atoms with van der Waals surface area (Å²) >= 11 is 1.55. The van der Waals surface area contributed by atoms with E-state index in [0.29, 0.717) is 19.0 Å². The van der Waals surface area contributed by atoms with Crippen molar-refractivity contribution in [3.8, 4) is 0 Å². The molecule has 0 aliphatic carbocycles. The van der Waals surface area contributed by atoms with E-state index in [1.165, 1.54) is 12.8 Å². The summed E-state index contributed by atoms with van der Waals surface area (Å²) in [6.07, 6.45) is 3.35. The van der Waals surface area contributed by atoms with Crippen molar-refractivity contribution in [2.45, 2.75) is 51.8 Å². The summed E-state index contributed by atoms with van der Waals surface area (Å²) in [6.45, 7) is 6.42. The fourth-order valence-electron chi connectivity index (χ4n) is 2.90. The zero-order valence-corrected chi connectivity index (χ0v) is 18.4. The molecule has 1 aliphatic rings. The van der Waals surface area contributed by atoms with Gasteiger partial charge in [-0.15, -0.1) is 45.5 Å². The van der Waals surface area contributed by atoms with Gasteiger partial charge < -0.3 is 20.3 Å². The highest BCUT2D eigenvalue weighted by atomic mass is 127. The van der Waals surface area contributed by atoms with Crippen molar-refractivity contribution in [3.05, 3.63) is 34.0 Å². The van der Waals surface area contributed by atoms with Crippen LogP contribution in [0.4, 0.5) is 0 Å². The van der Waals surface area contributed by atoms with E-state index in [4.69, 9.17) is 0 Å². The summed E-state index contributed by atoms with van der Waals surface area (Å²) in [5.41, 5.74) is -0.932. The maximum Gasteiger partial charge on any atom is 0.191 e. The Bertz CT molecular complexity index is 713. The van der Waals surface area contributed by atoms with Crippen molar-refractivity contribution < 1.29 is 5.11 Å². The number of rotatable bonds is 6. The second-order valence-electron chi connectivity index (χ2n) is 6.44. The molecular weight excluding hydrogens is 463 g/mol. The van der Waals surface area contributed by atoms with Crippen molar-refractivity contribution in [3.63, 3.8) is 0 Å². The highest BCUT2D eigenvalue weighted by Gasteiger charge is 2.24. The van der Waals surface area contributed by atoms with E-state index >= 15 is 0 Å². The van der Waals surface area contributed by atoms with E-state index in [-0.39, 0.29) is 24.0 Å². The first-order chi connectivity index (χ1) is 12.1. The van der Waals surface area contributed by atoms with Gasteiger partial charge in [0, 0.05) is 24.4 Å². The molecule has 0 saturated heterocycles. The summed E-state index contributed by atoms with van der Waals surface area (Å²) in [4.78, 5) is 5.54. The third kappa shape index (κ3) is 5.17. The normalized spacial score (nSPS) is 16.3. The second-order valence-corrected chi connectivity index (χ2v) is 7.39. The minimum atomic E-state index is -0.932. The second kappa shape index (κ2) is 9.65. The van der Waals surface area contributed by atoms with E-state index < -0.39 is 5.60 Å².